The molecule has 0 aromatic heterocycles. The number of nitrogens with one attached hydrogen (secondary N) is 2. The topological polar surface area (TPSA) is 110 Å². The Bertz CT molecular complexity index is 147. The molecule has 0 radical (unpaired) electrons. The Morgan fingerprint density at radius 2 is 1.30 bits per heavy atom. The standard InChI is InChI=1S/C4H8N4O2/c5-3(9)7-1-2-8-4(6)10/h1-2H,(H3,5,7,9)(H3,6,8,10)/b2-1+. The van der Waals surface area contributed by atoms with Gasteiger partial charge in [0.1, 0.15) is 0 Å². The van der Waals surface area contributed by atoms with Crippen molar-refractivity contribution in [1.29, 1.82) is 0 Å². The quantitative estimate of drug-likeness (QED) is 0.390. The number of hydrogen-bond donors (Lipinski definition) is 4. The molecule has 6 heteroatoms. The molecule has 4 amide bonds. The van der Waals surface area contributed by atoms with Crippen LogP contribution in [0.5, 0.6) is 0 Å². The molecule has 0 bridgehead atoms. The van der Waals surface area contributed by atoms with E-state index in [9.17, 15) is 9.59 Å². The lowest BCUT2D eigenvalue weighted by Crippen LogP contribution is -2.27. The van der Waals surface area contributed by atoms with Crippen molar-refractivity contribution >= 4 is 12.1 Å². The summed E-state index contributed by atoms with van der Waals surface area (Å²) in [6, 6.07) is -1.41. The van der Waals surface area contributed by atoms with Crippen LogP contribution in [-0.4, -0.2) is 12.1 Å². The zero-order valence-electron chi connectivity index (χ0n) is 5.13. The van der Waals surface area contributed by atoms with Crippen LogP contribution < -0.4 is 22.1 Å². The minimum absolute atomic E-state index is 0.706. The molecule has 0 aromatic rings. The number of urea groups is 2. The first-order valence-corrected chi connectivity index (χ1v) is 2.40. The maximum Gasteiger partial charge on any atom is 0.316 e. The Labute approximate surface area is 57.2 Å². The third-order valence-electron chi connectivity index (χ3n) is 0.535. The predicted octanol–water partition coefficient (Wildman–Crippen LogP) is -1.21. The molecule has 0 fully saturated rings. The summed E-state index contributed by atoms with van der Waals surface area (Å²) in [6.07, 6.45) is 2.32. The van der Waals surface area contributed by atoms with Gasteiger partial charge in [0.15, 0.2) is 0 Å². The fraction of sp³-hybridized carbons (Fsp3) is 0. The van der Waals surface area contributed by atoms with Gasteiger partial charge in [-0.2, -0.15) is 0 Å². The lowest BCUT2D eigenvalue weighted by molar-refractivity contribution is 0.250. The van der Waals surface area contributed by atoms with E-state index in [1.807, 2.05) is 0 Å². The maximum absolute atomic E-state index is 9.96. The number of primary amides is 2. The van der Waals surface area contributed by atoms with Crippen LogP contribution in [0.2, 0.25) is 0 Å². The van der Waals surface area contributed by atoms with Gasteiger partial charge >= 0.3 is 12.1 Å². The minimum Gasteiger partial charge on any atom is -0.351 e. The molecule has 0 saturated carbocycles. The highest BCUT2D eigenvalue weighted by Crippen LogP contribution is 1.61. The van der Waals surface area contributed by atoms with Crippen LogP contribution in [0.3, 0.4) is 0 Å². The number of amides is 4. The van der Waals surface area contributed by atoms with Gasteiger partial charge < -0.3 is 22.1 Å². The molecule has 0 atom stereocenters. The second-order valence-corrected chi connectivity index (χ2v) is 1.35. The first kappa shape index (κ1) is 8.28. The zero-order valence-corrected chi connectivity index (χ0v) is 5.13. The molecule has 6 nitrogen and oxygen atoms in total. The van der Waals surface area contributed by atoms with Crippen molar-refractivity contribution in [3.05, 3.63) is 12.4 Å². The number of hydrogen-bond acceptors (Lipinski definition) is 2. The van der Waals surface area contributed by atoms with E-state index in [1.54, 1.807) is 0 Å². The lowest BCUT2D eigenvalue weighted by atomic mass is 10.8. The molecule has 0 rings (SSSR count). The molecule has 0 aromatic carbocycles. The summed E-state index contributed by atoms with van der Waals surface area (Å²) >= 11 is 0. The Balaban J connectivity index is 3.38. The summed E-state index contributed by atoms with van der Waals surface area (Å²) < 4.78 is 0. The van der Waals surface area contributed by atoms with Crippen molar-refractivity contribution in [2.75, 3.05) is 0 Å². The van der Waals surface area contributed by atoms with Crippen LogP contribution in [0.1, 0.15) is 0 Å². The van der Waals surface area contributed by atoms with E-state index in [1.165, 1.54) is 0 Å². The first-order valence-electron chi connectivity index (χ1n) is 2.40. The summed E-state index contributed by atoms with van der Waals surface area (Å²) in [5, 5.41) is 4.18. The van der Waals surface area contributed by atoms with Gasteiger partial charge in [-0.3, -0.25) is 0 Å². The zero-order chi connectivity index (χ0) is 7.98. The van der Waals surface area contributed by atoms with Gasteiger partial charge in [0.25, 0.3) is 0 Å². The number of nitrogens with two attached hydrogens (primary N) is 2. The van der Waals surface area contributed by atoms with E-state index in [0.29, 0.717) is 0 Å². The Morgan fingerprint density at radius 3 is 1.50 bits per heavy atom. The van der Waals surface area contributed by atoms with Gasteiger partial charge in [0.05, 0.1) is 0 Å². The molecule has 0 spiro atoms. The summed E-state index contributed by atoms with van der Waals surface area (Å²) in [7, 11) is 0. The van der Waals surface area contributed by atoms with Crippen LogP contribution in [0.4, 0.5) is 9.59 Å². The summed E-state index contributed by atoms with van der Waals surface area (Å²) in [5.41, 5.74) is 9.33. The fourth-order valence-corrected chi connectivity index (χ4v) is 0.248. The highest BCUT2D eigenvalue weighted by molar-refractivity contribution is 5.74. The second kappa shape index (κ2) is 4.19. The summed E-state index contributed by atoms with van der Waals surface area (Å²) in [5.74, 6) is 0. The molecule has 56 valence electrons. The van der Waals surface area contributed by atoms with E-state index >= 15 is 0 Å². The van der Waals surface area contributed by atoms with Crippen molar-refractivity contribution in [2.24, 2.45) is 11.5 Å². The second-order valence-electron chi connectivity index (χ2n) is 1.35. The number of rotatable bonds is 2. The average Bonchev–Trinajstić information content (AvgIpc) is 1.79. The van der Waals surface area contributed by atoms with E-state index in [4.69, 9.17) is 0 Å². The number of carbonyl (C=O) groups excluding carboxylic acids is 2. The predicted molar refractivity (Wildman–Crippen MR) is 34.6 cm³/mol. The van der Waals surface area contributed by atoms with Gasteiger partial charge in [-0.05, 0) is 0 Å². The van der Waals surface area contributed by atoms with Gasteiger partial charge in [-0.15, -0.1) is 0 Å². The molecular weight excluding hydrogens is 136 g/mol. The third-order valence-corrected chi connectivity index (χ3v) is 0.535. The molecule has 0 saturated heterocycles. The largest absolute Gasteiger partial charge is 0.351 e. The maximum atomic E-state index is 9.96. The normalized spacial score (nSPS) is 9.20. The van der Waals surface area contributed by atoms with Crippen LogP contribution >= 0.6 is 0 Å². The average molecular weight is 144 g/mol. The Kier molecular flexibility index (Phi) is 3.47. The van der Waals surface area contributed by atoms with Crippen LogP contribution in [-0.2, 0) is 0 Å². The molecule has 10 heavy (non-hydrogen) atoms. The highest BCUT2D eigenvalue weighted by atomic mass is 16.2. The van der Waals surface area contributed by atoms with E-state index in [0.717, 1.165) is 12.4 Å². The van der Waals surface area contributed by atoms with Crippen molar-refractivity contribution in [1.82, 2.24) is 10.6 Å². The Hall–Kier alpha value is -1.72. The monoisotopic (exact) mass is 144 g/mol. The molecule has 0 heterocycles. The van der Waals surface area contributed by atoms with E-state index in [-0.39, 0.29) is 0 Å². The van der Waals surface area contributed by atoms with Gasteiger partial charge in [0.2, 0.25) is 0 Å². The summed E-state index contributed by atoms with van der Waals surface area (Å²) in [4.78, 5) is 19.9. The van der Waals surface area contributed by atoms with Crippen molar-refractivity contribution in [2.45, 2.75) is 0 Å². The minimum atomic E-state index is -0.706. The Morgan fingerprint density at radius 1 is 1.00 bits per heavy atom. The SMILES string of the molecule is NC(=O)N/C=C/NC(N)=O. The van der Waals surface area contributed by atoms with Crippen LogP contribution in [0, 0.1) is 0 Å². The van der Waals surface area contributed by atoms with Gasteiger partial charge in [-0.1, -0.05) is 0 Å². The third kappa shape index (κ3) is 6.28. The van der Waals surface area contributed by atoms with E-state index in [2.05, 4.69) is 22.1 Å². The number of carbonyl (C=O) groups is 2. The molecule has 0 aliphatic rings. The molecular formula is C4H8N4O2. The molecule has 6 N–H and O–H groups in total. The van der Waals surface area contributed by atoms with Crippen LogP contribution in [0.25, 0.3) is 0 Å². The lowest BCUT2D eigenvalue weighted by Gasteiger charge is -1.91. The van der Waals surface area contributed by atoms with E-state index < -0.39 is 12.1 Å². The molecule has 0 unspecified atom stereocenters. The highest BCUT2D eigenvalue weighted by Gasteiger charge is 1.83. The fourth-order valence-electron chi connectivity index (χ4n) is 0.248. The van der Waals surface area contributed by atoms with Gasteiger partial charge in [0, 0.05) is 12.4 Å². The van der Waals surface area contributed by atoms with Crippen molar-refractivity contribution in [3.63, 3.8) is 0 Å². The first-order chi connectivity index (χ1) is 4.63. The van der Waals surface area contributed by atoms with Crippen LogP contribution in [0.15, 0.2) is 12.4 Å². The summed E-state index contributed by atoms with van der Waals surface area (Å²) in [6.45, 7) is 0. The molecule has 0 aliphatic heterocycles. The van der Waals surface area contributed by atoms with Gasteiger partial charge in [-0.25, -0.2) is 9.59 Å². The molecule has 0 aliphatic carbocycles. The van der Waals surface area contributed by atoms with Crippen molar-refractivity contribution < 1.29 is 9.59 Å². The van der Waals surface area contributed by atoms with Crippen molar-refractivity contribution in [3.8, 4) is 0 Å². The smallest absolute Gasteiger partial charge is 0.316 e.